The second-order valence-electron chi connectivity index (χ2n) is 5.33. The van der Waals surface area contributed by atoms with Crippen molar-refractivity contribution in [2.45, 2.75) is 6.61 Å². The zero-order valence-corrected chi connectivity index (χ0v) is 13.4. The van der Waals surface area contributed by atoms with E-state index in [1.807, 2.05) is 6.07 Å². The number of hydrogen-bond donors (Lipinski definition) is 1. The van der Waals surface area contributed by atoms with Gasteiger partial charge in [0, 0.05) is 23.5 Å². The van der Waals surface area contributed by atoms with E-state index in [-0.39, 0.29) is 17.7 Å². The molecule has 0 bridgehead atoms. The van der Waals surface area contributed by atoms with Gasteiger partial charge in [-0.05, 0) is 36.4 Å². The van der Waals surface area contributed by atoms with E-state index < -0.39 is 11.8 Å². The molecule has 0 saturated heterocycles. The summed E-state index contributed by atoms with van der Waals surface area (Å²) >= 11 is 0. The number of nitriles is 1. The van der Waals surface area contributed by atoms with E-state index >= 15 is 0 Å². The number of carbonyl (C=O) groups is 1. The molecule has 0 unspecified atom stereocenters. The highest BCUT2D eigenvalue weighted by Crippen LogP contribution is 2.21. The number of hydrogen-bond acceptors (Lipinski definition) is 5. The monoisotopic (exact) mass is 349 g/mol. The predicted octanol–water partition coefficient (Wildman–Crippen LogP) is 3.43. The molecule has 0 fully saturated rings. The van der Waals surface area contributed by atoms with Crippen LogP contribution in [0.5, 0.6) is 5.75 Å². The molecular formula is C19H12FN3O3. The van der Waals surface area contributed by atoms with Crippen LogP contribution < -0.4 is 4.74 Å². The van der Waals surface area contributed by atoms with Gasteiger partial charge in [-0.1, -0.05) is 6.07 Å². The number of rotatable bonds is 5. The molecule has 7 heteroatoms. The summed E-state index contributed by atoms with van der Waals surface area (Å²) in [4.78, 5) is 18.8. The number of ether oxygens (including phenoxy) is 1. The smallest absolute Gasteiger partial charge is 0.338 e. The van der Waals surface area contributed by atoms with Gasteiger partial charge in [-0.25, -0.2) is 19.2 Å². The summed E-state index contributed by atoms with van der Waals surface area (Å²) in [6.45, 7) is 0.131. The van der Waals surface area contributed by atoms with Crippen molar-refractivity contribution in [2.24, 2.45) is 0 Å². The maximum absolute atomic E-state index is 13.1. The normalized spacial score (nSPS) is 10.2. The number of carboxylic acids is 1. The van der Waals surface area contributed by atoms with E-state index in [0.717, 1.165) is 0 Å². The van der Waals surface area contributed by atoms with Crippen molar-refractivity contribution >= 4 is 5.97 Å². The van der Waals surface area contributed by atoms with Crippen molar-refractivity contribution in [1.82, 2.24) is 9.97 Å². The van der Waals surface area contributed by atoms with Crippen LogP contribution in [0.1, 0.15) is 21.5 Å². The fraction of sp³-hybridized carbons (Fsp3) is 0.0526. The summed E-state index contributed by atoms with van der Waals surface area (Å²) in [5, 5.41) is 17.9. The topological polar surface area (TPSA) is 96.1 Å². The Kier molecular flexibility index (Phi) is 4.85. The third-order valence-corrected chi connectivity index (χ3v) is 3.60. The van der Waals surface area contributed by atoms with Crippen LogP contribution in [0.4, 0.5) is 4.39 Å². The van der Waals surface area contributed by atoms with Crippen molar-refractivity contribution < 1.29 is 19.0 Å². The molecule has 3 aromatic rings. The SMILES string of the molecule is N#Cc1cc(F)ccc1COc1ccc(-c2ncc(C(=O)O)cn2)cc1. The molecule has 128 valence electrons. The number of aromatic nitrogens is 2. The van der Waals surface area contributed by atoms with Gasteiger partial charge >= 0.3 is 5.97 Å². The van der Waals surface area contributed by atoms with Crippen molar-refractivity contribution in [1.29, 1.82) is 5.26 Å². The van der Waals surface area contributed by atoms with Crippen LogP contribution >= 0.6 is 0 Å². The van der Waals surface area contributed by atoms with Crippen molar-refractivity contribution in [3.05, 3.63) is 77.4 Å². The van der Waals surface area contributed by atoms with Gasteiger partial charge < -0.3 is 9.84 Å². The molecule has 1 N–H and O–H groups in total. The van der Waals surface area contributed by atoms with E-state index in [4.69, 9.17) is 15.1 Å². The first-order chi connectivity index (χ1) is 12.6. The Morgan fingerprint density at radius 3 is 2.46 bits per heavy atom. The van der Waals surface area contributed by atoms with E-state index in [0.29, 0.717) is 22.7 Å². The van der Waals surface area contributed by atoms with Gasteiger partial charge in [0.25, 0.3) is 0 Å². The molecule has 0 aliphatic heterocycles. The Balaban J connectivity index is 1.70. The maximum Gasteiger partial charge on any atom is 0.338 e. The molecule has 0 atom stereocenters. The van der Waals surface area contributed by atoms with Crippen LogP contribution in [-0.4, -0.2) is 21.0 Å². The summed E-state index contributed by atoms with van der Waals surface area (Å²) in [6, 6.07) is 12.8. The molecule has 2 aromatic carbocycles. The molecule has 26 heavy (non-hydrogen) atoms. The number of aromatic carboxylic acids is 1. The minimum absolute atomic E-state index is 0.0151. The lowest BCUT2D eigenvalue weighted by Crippen LogP contribution is -2.00. The van der Waals surface area contributed by atoms with Crippen LogP contribution in [0.2, 0.25) is 0 Å². The lowest BCUT2D eigenvalue weighted by atomic mass is 10.1. The Morgan fingerprint density at radius 1 is 1.15 bits per heavy atom. The van der Waals surface area contributed by atoms with Gasteiger partial charge in [0.1, 0.15) is 18.2 Å². The van der Waals surface area contributed by atoms with Crippen LogP contribution in [0, 0.1) is 17.1 Å². The Bertz CT molecular complexity index is 980. The highest BCUT2D eigenvalue weighted by Gasteiger charge is 2.07. The minimum Gasteiger partial charge on any atom is -0.489 e. The number of nitrogens with zero attached hydrogens (tertiary/aromatic N) is 3. The van der Waals surface area contributed by atoms with Crippen LogP contribution in [-0.2, 0) is 6.61 Å². The average Bonchev–Trinajstić information content (AvgIpc) is 2.67. The molecule has 1 heterocycles. The average molecular weight is 349 g/mol. The lowest BCUT2D eigenvalue weighted by molar-refractivity contribution is 0.0696. The van der Waals surface area contributed by atoms with E-state index in [1.54, 1.807) is 24.3 Å². The van der Waals surface area contributed by atoms with Crippen LogP contribution in [0.15, 0.2) is 54.9 Å². The van der Waals surface area contributed by atoms with Crippen molar-refractivity contribution in [3.63, 3.8) is 0 Å². The maximum atomic E-state index is 13.1. The zero-order chi connectivity index (χ0) is 18.5. The van der Waals surface area contributed by atoms with Gasteiger partial charge in [-0.15, -0.1) is 0 Å². The second-order valence-corrected chi connectivity index (χ2v) is 5.33. The summed E-state index contributed by atoms with van der Waals surface area (Å²) in [6.07, 6.45) is 2.49. The van der Waals surface area contributed by atoms with Gasteiger partial charge in [0.2, 0.25) is 0 Å². The van der Waals surface area contributed by atoms with Gasteiger partial charge in [-0.3, -0.25) is 0 Å². The van der Waals surface area contributed by atoms with E-state index in [2.05, 4.69) is 9.97 Å². The van der Waals surface area contributed by atoms with Crippen molar-refractivity contribution in [3.8, 4) is 23.2 Å². The molecular weight excluding hydrogens is 337 g/mol. The molecule has 1 aromatic heterocycles. The first-order valence-electron chi connectivity index (χ1n) is 7.54. The summed E-state index contributed by atoms with van der Waals surface area (Å²) < 4.78 is 18.8. The summed E-state index contributed by atoms with van der Waals surface area (Å²) in [7, 11) is 0. The predicted molar refractivity (Wildman–Crippen MR) is 89.9 cm³/mol. The zero-order valence-electron chi connectivity index (χ0n) is 13.4. The molecule has 0 aliphatic rings. The summed E-state index contributed by atoms with van der Waals surface area (Å²) in [5.74, 6) is -0.600. The van der Waals surface area contributed by atoms with Gasteiger partial charge in [0.15, 0.2) is 5.82 Å². The highest BCUT2D eigenvalue weighted by molar-refractivity contribution is 5.86. The van der Waals surface area contributed by atoms with Crippen molar-refractivity contribution in [2.75, 3.05) is 0 Å². The number of halogens is 1. The number of carboxylic acid groups (broad SMARTS) is 1. The van der Waals surface area contributed by atoms with E-state index in [9.17, 15) is 9.18 Å². The standard InChI is InChI=1S/C19H12FN3O3/c20-16-4-1-13(14(7-16)8-21)11-26-17-5-2-12(3-6-17)18-22-9-15(10-23-18)19(24)25/h1-7,9-10H,11H2,(H,24,25). The summed E-state index contributed by atoms with van der Waals surface area (Å²) in [5.41, 5.74) is 1.54. The highest BCUT2D eigenvalue weighted by atomic mass is 19.1. The molecule has 0 spiro atoms. The molecule has 0 aliphatic carbocycles. The third-order valence-electron chi connectivity index (χ3n) is 3.60. The fourth-order valence-corrected chi connectivity index (χ4v) is 2.23. The van der Waals surface area contributed by atoms with Gasteiger partial charge in [-0.2, -0.15) is 5.26 Å². The quantitative estimate of drug-likeness (QED) is 0.758. The van der Waals surface area contributed by atoms with Crippen LogP contribution in [0.3, 0.4) is 0 Å². The molecule has 0 saturated carbocycles. The first kappa shape index (κ1) is 17.0. The third kappa shape index (κ3) is 3.82. The van der Waals surface area contributed by atoms with Gasteiger partial charge in [0.05, 0.1) is 17.2 Å². The largest absolute Gasteiger partial charge is 0.489 e. The van der Waals surface area contributed by atoms with Crippen LogP contribution in [0.25, 0.3) is 11.4 Å². The second kappa shape index (κ2) is 7.40. The molecule has 3 rings (SSSR count). The lowest BCUT2D eigenvalue weighted by Gasteiger charge is -2.08. The fourth-order valence-electron chi connectivity index (χ4n) is 2.23. The minimum atomic E-state index is -1.09. The first-order valence-corrected chi connectivity index (χ1v) is 7.54. The Morgan fingerprint density at radius 2 is 1.85 bits per heavy atom. The molecule has 0 amide bonds. The Hall–Kier alpha value is -3.79. The molecule has 6 nitrogen and oxygen atoms in total. The molecule has 0 radical (unpaired) electrons. The number of benzene rings is 2. The van der Waals surface area contributed by atoms with E-state index in [1.165, 1.54) is 30.6 Å². The Labute approximate surface area is 148 Å².